The third-order valence-corrected chi connectivity index (χ3v) is 3.15. The number of nitrogen functional groups attached to an aromatic ring is 1. The van der Waals surface area contributed by atoms with Gasteiger partial charge in [-0.3, -0.25) is 0 Å². The van der Waals surface area contributed by atoms with Crippen molar-refractivity contribution in [1.82, 2.24) is 4.98 Å². The molecule has 4 nitrogen and oxygen atoms in total. The summed E-state index contributed by atoms with van der Waals surface area (Å²) in [5.41, 5.74) is 7.26. The lowest BCUT2D eigenvalue weighted by Crippen LogP contribution is -1.98. The molecule has 0 aliphatic heterocycles. The predicted molar refractivity (Wildman–Crippen MR) is 63.7 cm³/mol. The number of anilines is 1. The fraction of sp³-hybridized carbons (Fsp3) is 0.0909. The molecule has 0 saturated heterocycles. The molecule has 2 rings (SSSR count). The van der Waals surface area contributed by atoms with Gasteiger partial charge in [0.15, 0.2) is 5.69 Å². The fourth-order valence-electron chi connectivity index (χ4n) is 1.39. The maximum Gasteiger partial charge on any atom is 0.355 e. The summed E-state index contributed by atoms with van der Waals surface area (Å²) in [6, 6.07) is 7.24. The minimum absolute atomic E-state index is 0.113. The first-order valence-corrected chi connectivity index (χ1v) is 5.46. The molecule has 0 fully saturated rings. The van der Waals surface area contributed by atoms with Crippen LogP contribution in [0.4, 0.5) is 5.69 Å². The van der Waals surface area contributed by atoms with Crippen LogP contribution in [0.2, 0.25) is 0 Å². The number of nitrogens with two attached hydrogens (primary N) is 1. The maximum absolute atomic E-state index is 10.9. The van der Waals surface area contributed by atoms with E-state index in [0.717, 1.165) is 5.56 Å². The van der Waals surface area contributed by atoms with Crippen molar-refractivity contribution in [1.29, 1.82) is 0 Å². The van der Waals surface area contributed by atoms with E-state index in [1.807, 2.05) is 12.1 Å². The van der Waals surface area contributed by atoms with E-state index in [4.69, 9.17) is 10.8 Å². The van der Waals surface area contributed by atoms with Gasteiger partial charge in [-0.15, -0.1) is 11.3 Å². The third kappa shape index (κ3) is 1.90. The smallest absolute Gasteiger partial charge is 0.355 e. The van der Waals surface area contributed by atoms with Gasteiger partial charge in [-0.1, -0.05) is 12.1 Å². The van der Waals surface area contributed by atoms with Crippen LogP contribution >= 0.6 is 11.3 Å². The van der Waals surface area contributed by atoms with E-state index in [2.05, 4.69) is 4.98 Å². The van der Waals surface area contributed by atoms with Gasteiger partial charge in [-0.05, 0) is 19.1 Å². The third-order valence-electron chi connectivity index (χ3n) is 2.13. The monoisotopic (exact) mass is 234 g/mol. The molecular formula is C11H10N2O2S. The molecule has 0 saturated carbocycles. The first kappa shape index (κ1) is 10.6. The number of hydrogen-bond donors (Lipinski definition) is 2. The van der Waals surface area contributed by atoms with Gasteiger partial charge in [0, 0.05) is 16.1 Å². The molecular weight excluding hydrogens is 224 g/mol. The van der Waals surface area contributed by atoms with Gasteiger partial charge in [-0.2, -0.15) is 0 Å². The van der Waals surface area contributed by atoms with Gasteiger partial charge in [-0.25, -0.2) is 9.78 Å². The van der Waals surface area contributed by atoms with Crippen LogP contribution in [0.15, 0.2) is 24.3 Å². The highest BCUT2D eigenvalue weighted by atomic mass is 32.1. The largest absolute Gasteiger partial charge is 0.476 e. The zero-order valence-electron chi connectivity index (χ0n) is 8.60. The SMILES string of the molecule is Cc1sc(-c2cccc(N)c2)nc1C(=O)O. The van der Waals surface area contributed by atoms with Crippen molar-refractivity contribution in [2.24, 2.45) is 0 Å². The minimum Gasteiger partial charge on any atom is -0.476 e. The molecule has 3 N–H and O–H groups in total. The Morgan fingerprint density at radius 2 is 2.25 bits per heavy atom. The molecule has 0 unspecified atom stereocenters. The van der Waals surface area contributed by atoms with Gasteiger partial charge in [0.05, 0.1) is 0 Å². The molecule has 0 amide bonds. The van der Waals surface area contributed by atoms with Gasteiger partial charge in [0.2, 0.25) is 0 Å². The predicted octanol–water partition coefficient (Wildman–Crippen LogP) is 2.40. The van der Waals surface area contributed by atoms with Crippen molar-refractivity contribution in [3.05, 3.63) is 34.8 Å². The number of carbonyl (C=O) groups is 1. The Labute approximate surface area is 96.4 Å². The van der Waals surface area contributed by atoms with Crippen molar-refractivity contribution in [2.45, 2.75) is 6.92 Å². The van der Waals surface area contributed by atoms with Crippen LogP contribution in [-0.4, -0.2) is 16.1 Å². The highest BCUT2D eigenvalue weighted by Gasteiger charge is 2.14. The van der Waals surface area contributed by atoms with Crippen molar-refractivity contribution in [3.8, 4) is 10.6 Å². The Morgan fingerprint density at radius 1 is 1.50 bits per heavy atom. The summed E-state index contributed by atoms with van der Waals surface area (Å²) in [7, 11) is 0. The molecule has 0 aliphatic carbocycles. The van der Waals surface area contributed by atoms with Crippen molar-refractivity contribution in [3.63, 3.8) is 0 Å². The Bertz CT molecular complexity index is 549. The summed E-state index contributed by atoms with van der Waals surface area (Å²) in [6.07, 6.45) is 0. The number of carboxylic acid groups (broad SMARTS) is 1. The first-order valence-electron chi connectivity index (χ1n) is 4.64. The van der Waals surface area contributed by atoms with Gasteiger partial charge < -0.3 is 10.8 Å². The summed E-state index contributed by atoms with van der Waals surface area (Å²) in [4.78, 5) is 15.6. The van der Waals surface area contributed by atoms with Crippen molar-refractivity contribution >= 4 is 23.0 Å². The number of benzene rings is 1. The molecule has 0 radical (unpaired) electrons. The quantitative estimate of drug-likeness (QED) is 0.782. The maximum atomic E-state index is 10.9. The van der Waals surface area contributed by atoms with E-state index in [-0.39, 0.29) is 5.69 Å². The summed E-state index contributed by atoms with van der Waals surface area (Å²) in [5.74, 6) is -0.996. The molecule has 5 heteroatoms. The Balaban J connectivity index is 2.49. The lowest BCUT2D eigenvalue weighted by molar-refractivity contribution is 0.0690. The second-order valence-electron chi connectivity index (χ2n) is 3.35. The van der Waals surface area contributed by atoms with E-state index in [1.165, 1.54) is 11.3 Å². The standard InChI is InChI=1S/C11H10N2O2S/c1-6-9(11(14)15)13-10(16-6)7-3-2-4-8(12)5-7/h2-5H,12H2,1H3,(H,14,15). The number of aromatic nitrogens is 1. The number of aryl methyl sites for hydroxylation is 1. The first-order chi connectivity index (χ1) is 7.58. The van der Waals surface area contributed by atoms with Crippen LogP contribution in [0.1, 0.15) is 15.4 Å². The fourth-order valence-corrected chi connectivity index (χ4v) is 2.29. The molecule has 1 aromatic carbocycles. The van der Waals surface area contributed by atoms with E-state index in [9.17, 15) is 4.79 Å². The van der Waals surface area contributed by atoms with E-state index in [1.54, 1.807) is 19.1 Å². The van der Waals surface area contributed by atoms with Crippen LogP contribution in [-0.2, 0) is 0 Å². The second kappa shape index (κ2) is 3.94. The molecule has 82 valence electrons. The van der Waals surface area contributed by atoms with Crippen LogP contribution in [0.3, 0.4) is 0 Å². The zero-order valence-corrected chi connectivity index (χ0v) is 9.41. The van der Waals surface area contributed by atoms with Crippen LogP contribution < -0.4 is 5.73 Å². The number of rotatable bonds is 2. The molecule has 0 bridgehead atoms. The number of aromatic carboxylic acids is 1. The molecule has 2 aromatic rings. The number of thiazole rings is 1. The Morgan fingerprint density at radius 3 is 2.81 bits per heavy atom. The molecule has 16 heavy (non-hydrogen) atoms. The lowest BCUT2D eigenvalue weighted by atomic mass is 10.2. The van der Waals surface area contributed by atoms with E-state index < -0.39 is 5.97 Å². The number of carboxylic acids is 1. The molecule has 1 aromatic heterocycles. The average Bonchev–Trinajstić information content (AvgIpc) is 2.60. The molecule has 1 heterocycles. The topological polar surface area (TPSA) is 76.2 Å². The van der Waals surface area contributed by atoms with E-state index in [0.29, 0.717) is 15.6 Å². The minimum atomic E-state index is -0.996. The second-order valence-corrected chi connectivity index (χ2v) is 4.56. The van der Waals surface area contributed by atoms with Crippen molar-refractivity contribution in [2.75, 3.05) is 5.73 Å². The van der Waals surface area contributed by atoms with Gasteiger partial charge in [0.25, 0.3) is 0 Å². The highest BCUT2D eigenvalue weighted by Crippen LogP contribution is 2.28. The number of hydrogen-bond acceptors (Lipinski definition) is 4. The van der Waals surface area contributed by atoms with Gasteiger partial charge >= 0.3 is 5.97 Å². The molecule has 0 atom stereocenters. The van der Waals surface area contributed by atoms with E-state index >= 15 is 0 Å². The summed E-state index contributed by atoms with van der Waals surface area (Å²) >= 11 is 1.36. The molecule has 0 spiro atoms. The average molecular weight is 234 g/mol. The Kier molecular flexibility index (Phi) is 2.62. The van der Waals surface area contributed by atoms with Crippen LogP contribution in [0.5, 0.6) is 0 Å². The Hall–Kier alpha value is -1.88. The number of nitrogens with zero attached hydrogens (tertiary/aromatic N) is 1. The summed E-state index contributed by atoms with van der Waals surface area (Å²) in [6.45, 7) is 1.75. The van der Waals surface area contributed by atoms with Crippen LogP contribution in [0.25, 0.3) is 10.6 Å². The highest BCUT2D eigenvalue weighted by molar-refractivity contribution is 7.15. The normalized spacial score (nSPS) is 10.3. The summed E-state index contributed by atoms with van der Waals surface area (Å²) in [5, 5.41) is 9.58. The molecule has 0 aliphatic rings. The van der Waals surface area contributed by atoms with Crippen molar-refractivity contribution < 1.29 is 9.90 Å². The van der Waals surface area contributed by atoms with Gasteiger partial charge in [0.1, 0.15) is 5.01 Å². The zero-order chi connectivity index (χ0) is 11.7. The van der Waals surface area contributed by atoms with Crippen LogP contribution in [0, 0.1) is 6.92 Å². The summed E-state index contributed by atoms with van der Waals surface area (Å²) < 4.78 is 0. The lowest BCUT2D eigenvalue weighted by Gasteiger charge is -1.96.